The fourth-order valence-electron chi connectivity index (χ4n) is 4.67. The molecule has 45 heavy (non-hydrogen) atoms. The van der Waals surface area contributed by atoms with Crippen LogP contribution in [0, 0.1) is 11.6 Å². The third-order valence-corrected chi connectivity index (χ3v) is 8.29. The summed E-state index contributed by atoms with van der Waals surface area (Å²) in [5.74, 6) is -2.20. The van der Waals surface area contributed by atoms with Crippen LogP contribution in [0.25, 0.3) is 16.0 Å². The second-order valence-corrected chi connectivity index (χ2v) is 11.3. The Morgan fingerprint density at radius 3 is 2.44 bits per heavy atom. The first-order valence-electron chi connectivity index (χ1n) is 13.6. The molecule has 0 atom stereocenters. The van der Waals surface area contributed by atoms with Gasteiger partial charge in [0.05, 0.1) is 16.7 Å². The van der Waals surface area contributed by atoms with Gasteiger partial charge in [-0.15, -0.1) is 11.3 Å². The van der Waals surface area contributed by atoms with E-state index in [0.717, 1.165) is 19.2 Å². The number of aromatic nitrogens is 3. The number of nitrogens with zero attached hydrogens (tertiary/aromatic N) is 5. The van der Waals surface area contributed by atoms with Crippen LogP contribution in [-0.2, 0) is 0 Å². The summed E-state index contributed by atoms with van der Waals surface area (Å²) in [6, 6.07) is 11.4. The number of urea groups is 1. The van der Waals surface area contributed by atoms with Gasteiger partial charge in [-0.1, -0.05) is 11.6 Å². The Hall–Kier alpha value is -4.92. The van der Waals surface area contributed by atoms with Crippen LogP contribution in [-0.4, -0.2) is 69.5 Å². The molecule has 2 N–H and O–H groups in total. The Balaban J connectivity index is 1.19. The number of benzene rings is 2. The van der Waals surface area contributed by atoms with Gasteiger partial charge in [0.15, 0.2) is 23.1 Å². The predicted octanol–water partition coefficient (Wildman–Crippen LogP) is 5.60. The zero-order valence-corrected chi connectivity index (χ0v) is 25.2. The summed E-state index contributed by atoms with van der Waals surface area (Å²) in [6.07, 6.45) is 1.37. The standard InChI is InChI=1S/C30H24ClF2N7O4S/c1-38-10-12-39(13-11-38)30(43)37-26-25(31)24(8-9-34-26)44-23-7-4-18(14-21(23)33)36-27(41)20-15-22-29(45-16-35-22)40(28(20)42)19-5-2-17(32)3-6-19/h2-9,14-16H,10-13H2,1H3,(H,36,41)(H,34,37,43). The van der Waals surface area contributed by atoms with E-state index in [1.807, 2.05) is 7.05 Å². The summed E-state index contributed by atoms with van der Waals surface area (Å²) >= 11 is 7.63. The highest BCUT2D eigenvalue weighted by molar-refractivity contribution is 7.16. The first-order chi connectivity index (χ1) is 21.7. The molecule has 5 aromatic rings. The molecule has 230 valence electrons. The fraction of sp³-hybridized carbons (Fsp3) is 0.167. The number of hydrogen-bond donors (Lipinski definition) is 2. The van der Waals surface area contributed by atoms with Gasteiger partial charge in [0.25, 0.3) is 11.5 Å². The molecule has 11 nitrogen and oxygen atoms in total. The number of amides is 3. The van der Waals surface area contributed by atoms with Gasteiger partial charge in [0, 0.05) is 50.2 Å². The van der Waals surface area contributed by atoms with E-state index >= 15 is 4.39 Å². The van der Waals surface area contributed by atoms with Gasteiger partial charge in [-0.05, 0) is 49.5 Å². The van der Waals surface area contributed by atoms with Gasteiger partial charge in [-0.3, -0.25) is 19.5 Å². The lowest BCUT2D eigenvalue weighted by molar-refractivity contribution is 0.102. The van der Waals surface area contributed by atoms with E-state index in [0.29, 0.717) is 29.1 Å². The number of hydrogen-bond acceptors (Lipinski definition) is 8. The Morgan fingerprint density at radius 2 is 1.71 bits per heavy atom. The van der Waals surface area contributed by atoms with Gasteiger partial charge in [-0.25, -0.2) is 23.5 Å². The van der Waals surface area contributed by atoms with Crippen molar-refractivity contribution in [2.45, 2.75) is 0 Å². The summed E-state index contributed by atoms with van der Waals surface area (Å²) in [7, 11) is 1.98. The monoisotopic (exact) mass is 651 g/mol. The SMILES string of the molecule is CN1CCN(C(=O)Nc2nccc(Oc3ccc(NC(=O)c4cc5ncsc5n(-c5ccc(F)cc5)c4=O)cc3F)c2Cl)CC1. The van der Waals surface area contributed by atoms with E-state index < -0.39 is 23.1 Å². The minimum Gasteiger partial charge on any atom is -0.453 e. The number of nitrogens with one attached hydrogen (secondary N) is 2. The highest BCUT2D eigenvalue weighted by Crippen LogP contribution is 2.35. The van der Waals surface area contributed by atoms with Crippen molar-refractivity contribution in [2.24, 2.45) is 0 Å². The maximum Gasteiger partial charge on any atom is 0.323 e. The van der Waals surface area contributed by atoms with Crippen molar-refractivity contribution in [3.05, 3.63) is 98.9 Å². The van der Waals surface area contributed by atoms with Crippen LogP contribution < -0.4 is 20.9 Å². The molecule has 1 saturated heterocycles. The molecule has 1 aliphatic rings. The number of carbonyl (C=O) groups excluding carboxylic acids is 2. The normalized spacial score (nSPS) is 13.6. The van der Waals surface area contributed by atoms with Crippen LogP contribution in [0.2, 0.25) is 5.02 Å². The molecular formula is C30H24ClF2N7O4S. The first kappa shape index (κ1) is 30.1. The van der Waals surface area contributed by atoms with Crippen LogP contribution in [0.3, 0.4) is 0 Å². The van der Waals surface area contributed by atoms with Crippen molar-refractivity contribution in [3.63, 3.8) is 0 Å². The number of fused-ring (bicyclic) bond motifs is 1. The summed E-state index contributed by atoms with van der Waals surface area (Å²) in [6.45, 7) is 2.58. The number of pyridine rings is 2. The Labute approximate surface area is 263 Å². The number of anilines is 2. The van der Waals surface area contributed by atoms with Gasteiger partial charge in [0.1, 0.15) is 21.2 Å². The first-order valence-corrected chi connectivity index (χ1v) is 14.9. The topological polar surface area (TPSA) is 122 Å². The van der Waals surface area contributed by atoms with Crippen molar-refractivity contribution in [1.29, 1.82) is 0 Å². The average molecular weight is 652 g/mol. The molecule has 3 aromatic heterocycles. The molecule has 1 aliphatic heterocycles. The smallest absolute Gasteiger partial charge is 0.323 e. The van der Waals surface area contributed by atoms with Gasteiger partial charge >= 0.3 is 6.03 Å². The van der Waals surface area contributed by atoms with Crippen molar-refractivity contribution in [1.82, 2.24) is 24.3 Å². The minimum absolute atomic E-state index is 0.0216. The number of carbonyl (C=O) groups is 2. The molecule has 4 heterocycles. The molecule has 0 saturated carbocycles. The average Bonchev–Trinajstić information content (AvgIpc) is 3.49. The van der Waals surface area contributed by atoms with Gasteiger partial charge in [-0.2, -0.15) is 0 Å². The van der Waals surface area contributed by atoms with Crippen LogP contribution in [0.4, 0.5) is 25.1 Å². The maximum absolute atomic E-state index is 15.1. The zero-order valence-electron chi connectivity index (χ0n) is 23.6. The molecule has 6 rings (SSSR count). The third-order valence-electron chi connectivity index (χ3n) is 7.10. The number of rotatable bonds is 6. The lowest BCUT2D eigenvalue weighted by Crippen LogP contribution is -2.48. The number of thiazole rings is 1. The molecule has 0 bridgehead atoms. The van der Waals surface area contributed by atoms with Crippen LogP contribution in [0.1, 0.15) is 10.4 Å². The summed E-state index contributed by atoms with van der Waals surface area (Å²) in [4.78, 5) is 51.8. The molecule has 2 aromatic carbocycles. The zero-order chi connectivity index (χ0) is 31.7. The number of likely N-dealkylation sites (N-methyl/N-ethyl adjacent to an activating group) is 1. The van der Waals surface area contributed by atoms with E-state index in [1.54, 1.807) is 4.90 Å². The summed E-state index contributed by atoms with van der Waals surface area (Å²) in [5.41, 5.74) is 1.43. The molecule has 0 aliphatic carbocycles. The van der Waals surface area contributed by atoms with Crippen molar-refractivity contribution in [3.8, 4) is 17.2 Å². The molecule has 0 radical (unpaired) electrons. The quantitative estimate of drug-likeness (QED) is 0.245. The maximum atomic E-state index is 15.1. The van der Waals surface area contributed by atoms with Crippen molar-refractivity contribution >= 4 is 56.7 Å². The lowest BCUT2D eigenvalue weighted by Gasteiger charge is -2.32. The summed E-state index contributed by atoms with van der Waals surface area (Å²) in [5, 5.41) is 5.18. The largest absolute Gasteiger partial charge is 0.453 e. The second-order valence-electron chi connectivity index (χ2n) is 10.1. The Kier molecular flexibility index (Phi) is 8.43. The van der Waals surface area contributed by atoms with Crippen molar-refractivity contribution < 1.29 is 23.1 Å². The highest BCUT2D eigenvalue weighted by atomic mass is 35.5. The van der Waals surface area contributed by atoms with Crippen molar-refractivity contribution in [2.75, 3.05) is 43.9 Å². The van der Waals surface area contributed by atoms with E-state index in [9.17, 15) is 18.8 Å². The molecule has 15 heteroatoms. The second kappa shape index (κ2) is 12.6. The number of ether oxygens (including phenoxy) is 1. The molecule has 3 amide bonds. The summed E-state index contributed by atoms with van der Waals surface area (Å²) < 4.78 is 35.6. The molecule has 1 fully saturated rings. The molecular weight excluding hydrogens is 628 g/mol. The Bertz CT molecular complexity index is 1980. The van der Waals surface area contributed by atoms with Crippen LogP contribution >= 0.6 is 22.9 Å². The molecule has 0 unspecified atom stereocenters. The predicted molar refractivity (Wildman–Crippen MR) is 167 cm³/mol. The highest BCUT2D eigenvalue weighted by Gasteiger charge is 2.22. The van der Waals surface area contributed by atoms with E-state index in [-0.39, 0.29) is 39.6 Å². The van der Waals surface area contributed by atoms with E-state index in [2.05, 4.69) is 25.5 Å². The lowest BCUT2D eigenvalue weighted by atomic mass is 10.2. The number of halogens is 3. The third kappa shape index (κ3) is 6.34. The molecule has 0 spiro atoms. The van der Waals surface area contributed by atoms with Gasteiger partial charge < -0.3 is 19.9 Å². The number of piperazine rings is 1. The Morgan fingerprint density at radius 1 is 0.956 bits per heavy atom. The van der Waals surface area contributed by atoms with E-state index in [1.165, 1.54) is 76.1 Å². The minimum atomic E-state index is -0.831. The fourth-order valence-corrected chi connectivity index (χ4v) is 5.66. The van der Waals surface area contributed by atoms with Gasteiger partial charge in [0.2, 0.25) is 0 Å². The van der Waals surface area contributed by atoms with Crippen LogP contribution in [0.15, 0.2) is 71.1 Å². The van der Waals surface area contributed by atoms with E-state index in [4.69, 9.17) is 16.3 Å². The van der Waals surface area contributed by atoms with Crippen LogP contribution in [0.5, 0.6) is 11.5 Å².